The molecule has 0 radical (unpaired) electrons. The van der Waals surface area contributed by atoms with Crippen LogP contribution in [0.4, 0.5) is 5.69 Å². The maximum absolute atomic E-state index is 12.9. The van der Waals surface area contributed by atoms with Gasteiger partial charge in [-0.25, -0.2) is 0 Å². The van der Waals surface area contributed by atoms with Crippen molar-refractivity contribution in [2.45, 2.75) is 44.6 Å². The van der Waals surface area contributed by atoms with Gasteiger partial charge in [-0.2, -0.15) is 11.8 Å². The first-order valence-corrected chi connectivity index (χ1v) is 8.74. The van der Waals surface area contributed by atoms with E-state index >= 15 is 0 Å². The van der Waals surface area contributed by atoms with E-state index in [1.807, 2.05) is 35.7 Å². The largest absolute Gasteiger partial charge is 0.384 e. The van der Waals surface area contributed by atoms with Gasteiger partial charge in [-0.15, -0.1) is 0 Å². The first-order valence-electron chi connectivity index (χ1n) is 7.80. The monoisotopic (exact) mass is 306 g/mol. The van der Waals surface area contributed by atoms with Gasteiger partial charge in [0.25, 0.3) is 5.91 Å². The number of anilines is 1. The molecule has 1 aliphatic rings. The van der Waals surface area contributed by atoms with E-state index in [2.05, 4.69) is 32.2 Å². The Hall–Kier alpha value is -1.16. The summed E-state index contributed by atoms with van der Waals surface area (Å²) in [6.45, 7) is 11.2. The van der Waals surface area contributed by atoms with E-state index in [0.29, 0.717) is 10.5 Å². The summed E-state index contributed by atoms with van der Waals surface area (Å²) >= 11 is 1.97. The Balaban J connectivity index is 2.22. The fraction of sp³-hybridized carbons (Fsp3) is 0.588. The first-order chi connectivity index (χ1) is 10.0. The molecule has 1 saturated heterocycles. The number of rotatable bonds is 4. The van der Waals surface area contributed by atoms with Crippen molar-refractivity contribution < 1.29 is 4.79 Å². The first kappa shape index (κ1) is 16.2. The second-order valence-electron chi connectivity index (χ2n) is 5.94. The van der Waals surface area contributed by atoms with Crippen LogP contribution in [0.3, 0.4) is 0 Å². The summed E-state index contributed by atoms with van der Waals surface area (Å²) in [5, 5.41) is 4.40. The van der Waals surface area contributed by atoms with E-state index in [0.717, 1.165) is 42.9 Å². The SMILES string of the molecule is CCCNc1ccc(C)cc1C(=O)N1CC(C)SC(C)C1. The van der Waals surface area contributed by atoms with E-state index in [1.165, 1.54) is 0 Å². The summed E-state index contributed by atoms with van der Waals surface area (Å²) in [5.74, 6) is 0.163. The highest BCUT2D eigenvalue weighted by molar-refractivity contribution is 8.00. The third-order valence-corrected chi connectivity index (χ3v) is 4.91. The zero-order valence-electron chi connectivity index (χ0n) is 13.5. The number of carbonyl (C=O) groups is 1. The molecule has 0 aliphatic carbocycles. The number of nitrogens with one attached hydrogen (secondary N) is 1. The minimum atomic E-state index is 0.163. The number of carbonyl (C=O) groups excluding carboxylic acids is 1. The van der Waals surface area contributed by atoms with Gasteiger partial charge in [0.2, 0.25) is 0 Å². The lowest BCUT2D eigenvalue weighted by atomic mass is 10.1. The molecule has 2 atom stereocenters. The number of amides is 1. The Bertz CT molecular complexity index is 494. The van der Waals surface area contributed by atoms with Crippen molar-refractivity contribution in [2.24, 2.45) is 0 Å². The van der Waals surface area contributed by atoms with Gasteiger partial charge in [0.15, 0.2) is 0 Å². The van der Waals surface area contributed by atoms with Gasteiger partial charge in [0, 0.05) is 35.8 Å². The Morgan fingerprint density at radius 2 is 2.00 bits per heavy atom. The molecule has 116 valence electrons. The summed E-state index contributed by atoms with van der Waals surface area (Å²) < 4.78 is 0. The molecule has 1 amide bonds. The third kappa shape index (κ3) is 4.16. The summed E-state index contributed by atoms with van der Waals surface area (Å²) in [6, 6.07) is 6.10. The van der Waals surface area contributed by atoms with Gasteiger partial charge in [-0.05, 0) is 25.5 Å². The Morgan fingerprint density at radius 3 is 2.62 bits per heavy atom. The quantitative estimate of drug-likeness (QED) is 0.918. The maximum Gasteiger partial charge on any atom is 0.256 e. The van der Waals surface area contributed by atoms with Gasteiger partial charge in [0.05, 0.1) is 5.56 Å². The van der Waals surface area contributed by atoms with E-state index in [-0.39, 0.29) is 5.91 Å². The summed E-state index contributed by atoms with van der Waals surface area (Å²) in [7, 11) is 0. The zero-order valence-corrected chi connectivity index (χ0v) is 14.3. The van der Waals surface area contributed by atoms with Gasteiger partial charge >= 0.3 is 0 Å². The van der Waals surface area contributed by atoms with E-state index in [9.17, 15) is 4.79 Å². The average Bonchev–Trinajstić information content (AvgIpc) is 2.44. The second-order valence-corrected chi connectivity index (χ2v) is 7.82. The lowest BCUT2D eigenvalue weighted by Gasteiger charge is -2.35. The topological polar surface area (TPSA) is 32.3 Å². The number of hydrogen-bond acceptors (Lipinski definition) is 3. The molecule has 1 aromatic carbocycles. The molecule has 1 aromatic rings. The molecule has 3 nitrogen and oxygen atoms in total. The van der Waals surface area contributed by atoms with Crippen LogP contribution >= 0.6 is 11.8 Å². The fourth-order valence-electron chi connectivity index (χ4n) is 2.76. The van der Waals surface area contributed by atoms with Gasteiger partial charge < -0.3 is 10.2 Å². The predicted molar refractivity (Wildman–Crippen MR) is 92.4 cm³/mol. The molecule has 1 N–H and O–H groups in total. The molecule has 0 bridgehead atoms. The predicted octanol–water partition coefficient (Wildman–Crippen LogP) is 3.78. The average molecular weight is 306 g/mol. The van der Waals surface area contributed by atoms with Gasteiger partial charge in [-0.3, -0.25) is 4.79 Å². The van der Waals surface area contributed by atoms with Crippen molar-refractivity contribution in [2.75, 3.05) is 25.0 Å². The highest BCUT2D eigenvalue weighted by Crippen LogP contribution is 2.27. The van der Waals surface area contributed by atoms with Crippen molar-refractivity contribution in [1.82, 2.24) is 4.90 Å². The molecule has 21 heavy (non-hydrogen) atoms. The van der Waals surface area contributed by atoms with Crippen molar-refractivity contribution in [3.63, 3.8) is 0 Å². The van der Waals surface area contributed by atoms with Crippen molar-refractivity contribution in [1.29, 1.82) is 0 Å². The molecule has 1 fully saturated rings. The molecule has 0 spiro atoms. The van der Waals surface area contributed by atoms with Crippen LogP contribution in [0.25, 0.3) is 0 Å². The molecular weight excluding hydrogens is 280 g/mol. The standard InChI is InChI=1S/C17H26N2OS/c1-5-8-18-16-7-6-12(2)9-15(16)17(20)19-10-13(3)21-14(4)11-19/h6-7,9,13-14,18H,5,8,10-11H2,1-4H3. The zero-order chi connectivity index (χ0) is 15.4. The highest BCUT2D eigenvalue weighted by Gasteiger charge is 2.27. The van der Waals surface area contributed by atoms with Crippen LogP contribution in [0, 0.1) is 6.92 Å². The third-order valence-electron chi connectivity index (χ3n) is 3.68. The van der Waals surface area contributed by atoms with Crippen LogP contribution in [0.5, 0.6) is 0 Å². The molecular formula is C17H26N2OS. The van der Waals surface area contributed by atoms with Gasteiger partial charge in [-0.1, -0.05) is 32.4 Å². The molecule has 4 heteroatoms. The minimum Gasteiger partial charge on any atom is -0.384 e. The van der Waals surface area contributed by atoms with Crippen LogP contribution in [0.1, 0.15) is 43.1 Å². The summed E-state index contributed by atoms with van der Waals surface area (Å²) in [4.78, 5) is 14.9. The van der Waals surface area contributed by atoms with Crippen LogP contribution in [0.15, 0.2) is 18.2 Å². The normalized spacial score (nSPS) is 22.2. The smallest absolute Gasteiger partial charge is 0.256 e. The van der Waals surface area contributed by atoms with Crippen molar-refractivity contribution in [3.05, 3.63) is 29.3 Å². The van der Waals surface area contributed by atoms with E-state index in [4.69, 9.17) is 0 Å². The number of benzene rings is 1. The fourth-order valence-corrected chi connectivity index (χ4v) is 4.09. The maximum atomic E-state index is 12.9. The lowest BCUT2D eigenvalue weighted by Crippen LogP contribution is -2.44. The number of thioether (sulfide) groups is 1. The second kappa shape index (κ2) is 7.21. The Kier molecular flexibility index (Phi) is 5.57. The van der Waals surface area contributed by atoms with Crippen molar-refractivity contribution in [3.8, 4) is 0 Å². The van der Waals surface area contributed by atoms with Crippen LogP contribution in [-0.4, -0.2) is 40.9 Å². The highest BCUT2D eigenvalue weighted by atomic mass is 32.2. The van der Waals surface area contributed by atoms with E-state index < -0.39 is 0 Å². The van der Waals surface area contributed by atoms with Crippen LogP contribution in [0.2, 0.25) is 0 Å². The summed E-state index contributed by atoms with van der Waals surface area (Å²) in [6.07, 6.45) is 1.05. The molecule has 1 aliphatic heterocycles. The summed E-state index contributed by atoms with van der Waals surface area (Å²) in [5.41, 5.74) is 2.91. The lowest BCUT2D eigenvalue weighted by molar-refractivity contribution is 0.0754. The van der Waals surface area contributed by atoms with E-state index in [1.54, 1.807) is 0 Å². The number of hydrogen-bond donors (Lipinski definition) is 1. The van der Waals surface area contributed by atoms with Gasteiger partial charge in [0.1, 0.15) is 0 Å². The minimum absolute atomic E-state index is 0.163. The Morgan fingerprint density at radius 1 is 1.33 bits per heavy atom. The molecule has 0 saturated carbocycles. The molecule has 1 heterocycles. The Labute approximate surface area is 132 Å². The number of nitrogens with zero attached hydrogens (tertiary/aromatic N) is 1. The molecule has 2 rings (SSSR count). The molecule has 2 unspecified atom stereocenters. The van der Waals surface area contributed by atoms with Crippen LogP contribution < -0.4 is 5.32 Å². The number of aryl methyl sites for hydroxylation is 1. The van der Waals surface area contributed by atoms with Crippen molar-refractivity contribution >= 4 is 23.4 Å². The van der Waals surface area contributed by atoms with Crippen LogP contribution in [-0.2, 0) is 0 Å². The molecule has 0 aromatic heterocycles.